The Kier molecular flexibility index (Phi) is 5.11. The molecule has 0 saturated carbocycles. The van der Waals surface area contributed by atoms with Gasteiger partial charge in [-0.05, 0) is 42.8 Å². The van der Waals surface area contributed by atoms with E-state index in [2.05, 4.69) is 0 Å². The predicted molar refractivity (Wildman–Crippen MR) is 136 cm³/mol. The Balaban J connectivity index is 1.70. The minimum Gasteiger partial charge on any atom is -0.462 e. The maximum atomic E-state index is 13.4. The van der Waals surface area contributed by atoms with Crippen LogP contribution < -0.4 is 16.1 Å². The van der Waals surface area contributed by atoms with E-state index in [1.165, 1.54) is 0 Å². The summed E-state index contributed by atoms with van der Waals surface area (Å²) in [6, 6.07) is 24.7. The maximum Gasteiger partial charge on any atom is 0.344 e. The highest BCUT2D eigenvalue weighted by molar-refractivity contribution is 5.97. The molecule has 0 radical (unpaired) electrons. The molecule has 2 N–H and O–H groups in total. The largest absolute Gasteiger partial charge is 0.462 e. The van der Waals surface area contributed by atoms with E-state index in [-0.39, 0.29) is 29.4 Å². The number of benzene rings is 3. The van der Waals surface area contributed by atoms with E-state index in [1.54, 1.807) is 25.1 Å². The van der Waals surface area contributed by atoms with Gasteiger partial charge < -0.3 is 24.2 Å². The van der Waals surface area contributed by atoms with Crippen LogP contribution in [-0.2, 0) is 9.53 Å². The molecule has 36 heavy (non-hydrogen) atoms. The molecule has 6 rings (SSSR count). The van der Waals surface area contributed by atoms with Crippen LogP contribution in [0.5, 0.6) is 5.75 Å². The maximum absolute atomic E-state index is 13.4. The van der Waals surface area contributed by atoms with E-state index < -0.39 is 17.5 Å². The molecule has 0 fully saturated rings. The van der Waals surface area contributed by atoms with Crippen LogP contribution in [0.1, 0.15) is 24.0 Å². The quantitative estimate of drug-likeness (QED) is 0.289. The van der Waals surface area contributed by atoms with Crippen molar-refractivity contribution in [2.75, 3.05) is 6.61 Å². The van der Waals surface area contributed by atoms with Gasteiger partial charge in [0.1, 0.15) is 11.2 Å². The van der Waals surface area contributed by atoms with Crippen molar-refractivity contribution in [3.63, 3.8) is 0 Å². The van der Waals surface area contributed by atoms with Crippen LogP contribution in [0.4, 0.5) is 0 Å². The molecule has 178 valence electrons. The zero-order valence-electron chi connectivity index (χ0n) is 19.4. The molecule has 0 bridgehead atoms. The first-order valence-electron chi connectivity index (χ1n) is 11.6. The molecule has 0 spiro atoms. The Morgan fingerprint density at radius 2 is 1.67 bits per heavy atom. The Hall–Kier alpha value is -4.78. The van der Waals surface area contributed by atoms with E-state index in [1.807, 2.05) is 71.4 Å². The molecule has 7 heteroatoms. The summed E-state index contributed by atoms with van der Waals surface area (Å²) < 4.78 is 19.0. The lowest BCUT2D eigenvalue weighted by Crippen LogP contribution is -2.31. The second-order valence-electron chi connectivity index (χ2n) is 8.47. The van der Waals surface area contributed by atoms with Crippen LogP contribution >= 0.6 is 0 Å². The third kappa shape index (κ3) is 3.28. The van der Waals surface area contributed by atoms with Crippen LogP contribution in [0.15, 0.2) is 106 Å². The van der Waals surface area contributed by atoms with Crippen molar-refractivity contribution in [3.8, 4) is 11.4 Å². The molecule has 0 aliphatic carbocycles. The highest BCUT2D eigenvalue weighted by Gasteiger charge is 2.40. The normalized spacial score (nSPS) is 15.1. The molecule has 1 aliphatic rings. The zero-order valence-corrected chi connectivity index (χ0v) is 19.4. The standard InChI is InChI=1S/C29H22N2O5/c1-2-34-28(32)25-23(24-26(36-27(25)30)19-13-7-9-15-22(19)35-29(24)33)20-16-31(17-10-4-3-5-11-17)21-14-8-6-12-18(20)21/h3-16,23H,2,30H2,1H3. The molecule has 5 aromatic rings. The summed E-state index contributed by atoms with van der Waals surface area (Å²) in [5.74, 6) is -1.31. The molecule has 7 nitrogen and oxygen atoms in total. The number of hydrogen-bond donors (Lipinski definition) is 1. The number of carbonyl (C=O) groups excluding carboxylic acids is 1. The van der Waals surface area contributed by atoms with Gasteiger partial charge in [-0.25, -0.2) is 9.59 Å². The van der Waals surface area contributed by atoms with Crippen molar-refractivity contribution >= 4 is 27.8 Å². The first kappa shape index (κ1) is 21.7. The number of esters is 1. The topological polar surface area (TPSA) is 96.7 Å². The highest BCUT2D eigenvalue weighted by atomic mass is 16.5. The van der Waals surface area contributed by atoms with Gasteiger partial charge in [0.25, 0.3) is 0 Å². The molecule has 1 aliphatic heterocycles. The van der Waals surface area contributed by atoms with Crippen LogP contribution in [0.3, 0.4) is 0 Å². The minimum absolute atomic E-state index is 0.0721. The average Bonchev–Trinajstić information content (AvgIpc) is 3.28. The second kappa shape index (κ2) is 8.46. The lowest BCUT2D eigenvalue weighted by atomic mass is 9.83. The number of rotatable bonds is 4. The highest BCUT2D eigenvalue weighted by Crippen LogP contribution is 2.46. The summed E-state index contributed by atoms with van der Waals surface area (Å²) >= 11 is 0. The first-order valence-corrected chi connectivity index (χ1v) is 11.6. The molecule has 3 heterocycles. The van der Waals surface area contributed by atoms with Gasteiger partial charge in [0.2, 0.25) is 5.88 Å². The predicted octanol–water partition coefficient (Wildman–Crippen LogP) is 4.99. The van der Waals surface area contributed by atoms with E-state index in [0.29, 0.717) is 16.5 Å². The SMILES string of the molecule is CCOC(=O)C1=C(N)Oc2c(c(=O)oc3ccccc23)C1c1cn(-c2ccccc2)c2ccccc12. The van der Waals surface area contributed by atoms with Gasteiger partial charge in [-0.2, -0.15) is 0 Å². The number of nitrogens with two attached hydrogens (primary N) is 1. The van der Waals surface area contributed by atoms with Gasteiger partial charge in [0, 0.05) is 17.3 Å². The van der Waals surface area contributed by atoms with Gasteiger partial charge in [-0.3, -0.25) is 0 Å². The summed E-state index contributed by atoms with van der Waals surface area (Å²) in [6.07, 6.45) is 1.93. The number of carbonyl (C=O) groups is 1. The Morgan fingerprint density at radius 1 is 0.972 bits per heavy atom. The fraction of sp³-hybridized carbons (Fsp3) is 0.103. The molecular formula is C29H22N2O5. The fourth-order valence-electron chi connectivity index (χ4n) is 4.92. The summed E-state index contributed by atoms with van der Waals surface area (Å²) in [5.41, 5.74) is 9.00. The molecule has 3 aromatic carbocycles. The van der Waals surface area contributed by atoms with E-state index in [9.17, 15) is 9.59 Å². The van der Waals surface area contributed by atoms with E-state index >= 15 is 0 Å². The number of nitrogens with zero attached hydrogens (tertiary/aromatic N) is 1. The van der Waals surface area contributed by atoms with Gasteiger partial charge in [0.05, 0.1) is 29.0 Å². The van der Waals surface area contributed by atoms with Crippen molar-refractivity contribution < 1.29 is 18.7 Å². The molecule has 2 aromatic heterocycles. The van der Waals surface area contributed by atoms with Crippen molar-refractivity contribution in [3.05, 3.63) is 118 Å². The van der Waals surface area contributed by atoms with Crippen molar-refractivity contribution in [1.82, 2.24) is 4.57 Å². The van der Waals surface area contributed by atoms with E-state index in [4.69, 9.17) is 19.6 Å². The lowest BCUT2D eigenvalue weighted by Gasteiger charge is -2.27. The third-order valence-electron chi connectivity index (χ3n) is 6.44. The number of aromatic nitrogens is 1. The molecule has 1 atom stereocenters. The van der Waals surface area contributed by atoms with E-state index in [0.717, 1.165) is 16.6 Å². The summed E-state index contributed by atoms with van der Waals surface area (Å²) in [4.78, 5) is 26.6. The Bertz CT molecular complexity index is 1730. The molecular weight excluding hydrogens is 456 g/mol. The number of ether oxygens (including phenoxy) is 2. The fourth-order valence-corrected chi connectivity index (χ4v) is 4.92. The number of para-hydroxylation sites is 3. The van der Waals surface area contributed by atoms with Crippen LogP contribution in [0.25, 0.3) is 27.6 Å². The van der Waals surface area contributed by atoms with Gasteiger partial charge in [-0.1, -0.05) is 48.5 Å². The van der Waals surface area contributed by atoms with Gasteiger partial charge >= 0.3 is 11.6 Å². The molecule has 1 unspecified atom stereocenters. The lowest BCUT2D eigenvalue weighted by molar-refractivity contribution is -0.139. The van der Waals surface area contributed by atoms with Crippen LogP contribution in [0, 0.1) is 0 Å². The van der Waals surface area contributed by atoms with Gasteiger partial charge in [-0.15, -0.1) is 0 Å². The summed E-state index contributed by atoms with van der Waals surface area (Å²) in [6.45, 7) is 1.86. The van der Waals surface area contributed by atoms with Gasteiger partial charge in [0.15, 0.2) is 5.75 Å². The third-order valence-corrected chi connectivity index (χ3v) is 6.44. The summed E-state index contributed by atoms with van der Waals surface area (Å²) in [7, 11) is 0. The smallest absolute Gasteiger partial charge is 0.344 e. The number of hydrogen-bond acceptors (Lipinski definition) is 6. The molecule has 0 amide bonds. The Morgan fingerprint density at radius 3 is 2.44 bits per heavy atom. The van der Waals surface area contributed by atoms with Crippen molar-refractivity contribution in [2.45, 2.75) is 12.8 Å². The average molecular weight is 479 g/mol. The first-order chi connectivity index (χ1) is 17.6. The van der Waals surface area contributed by atoms with Crippen molar-refractivity contribution in [2.24, 2.45) is 5.73 Å². The number of fused-ring (bicyclic) bond motifs is 4. The second-order valence-corrected chi connectivity index (χ2v) is 8.47. The molecule has 0 saturated heterocycles. The monoisotopic (exact) mass is 478 g/mol. The van der Waals surface area contributed by atoms with Crippen molar-refractivity contribution in [1.29, 1.82) is 0 Å². The Labute approximate surface area is 206 Å². The van der Waals surface area contributed by atoms with Crippen LogP contribution in [-0.4, -0.2) is 17.1 Å². The summed E-state index contributed by atoms with van der Waals surface area (Å²) in [5, 5.41) is 1.45. The van der Waals surface area contributed by atoms with Crippen LogP contribution in [0.2, 0.25) is 0 Å². The minimum atomic E-state index is -0.858. The zero-order chi connectivity index (χ0) is 24.8.